The van der Waals surface area contributed by atoms with Crippen molar-refractivity contribution in [1.29, 1.82) is 0 Å². The van der Waals surface area contributed by atoms with Crippen molar-refractivity contribution in [2.45, 2.75) is 57.5 Å². The molecule has 9 heteroatoms. The van der Waals surface area contributed by atoms with Gasteiger partial charge in [0.15, 0.2) is 11.6 Å². The fourth-order valence-electron chi connectivity index (χ4n) is 3.98. The lowest BCUT2D eigenvalue weighted by Crippen LogP contribution is -2.33. The Morgan fingerprint density at radius 1 is 1.25 bits per heavy atom. The minimum Gasteiger partial charge on any atom is -0.493 e. The first-order valence-electron chi connectivity index (χ1n) is 10.3. The average Bonchev–Trinajstić information content (AvgIpc) is 2.99. The molecule has 2 heterocycles. The fraction of sp³-hybridized carbons (Fsp3) is 0.478. The van der Waals surface area contributed by atoms with Crippen molar-refractivity contribution in [2.75, 3.05) is 12.4 Å². The molecule has 3 N–H and O–H groups in total. The van der Waals surface area contributed by atoms with Gasteiger partial charge in [0, 0.05) is 11.5 Å². The third-order valence-electron chi connectivity index (χ3n) is 6.11. The third kappa shape index (κ3) is 4.46. The van der Waals surface area contributed by atoms with Crippen molar-refractivity contribution in [3.63, 3.8) is 0 Å². The van der Waals surface area contributed by atoms with Crippen LogP contribution in [0.15, 0.2) is 30.5 Å². The molecule has 32 heavy (non-hydrogen) atoms. The number of rotatable bonds is 6. The highest BCUT2D eigenvalue weighted by molar-refractivity contribution is 5.95. The zero-order chi connectivity index (χ0) is 23.8. The summed E-state index contributed by atoms with van der Waals surface area (Å²) in [7, 11) is 1.25. The van der Waals surface area contributed by atoms with Gasteiger partial charge in [-0.25, -0.2) is 4.39 Å². The highest BCUT2D eigenvalue weighted by Gasteiger charge is 2.51. The third-order valence-corrected chi connectivity index (χ3v) is 6.11. The molecule has 2 aromatic rings. The zero-order valence-corrected chi connectivity index (χ0v) is 18.6. The van der Waals surface area contributed by atoms with Crippen LogP contribution < -0.4 is 10.1 Å². The topological polar surface area (TPSA) is 101 Å². The SMILES string of the molecule is COc1c([C@H]2[C@H](C(=O)Nc3ccc([C@H](O)[C@H](C)O)nc3)OC(C)(C)[C@H]2C)ccc(F)c1F. The van der Waals surface area contributed by atoms with E-state index in [1.165, 1.54) is 32.4 Å². The number of amides is 1. The van der Waals surface area contributed by atoms with Gasteiger partial charge in [-0.15, -0.1) is 0 Å². The van der Waals surface area contributed by atoms with Gasteiger partial charge in [0.1, 0.15) is 12.2 Å². The predicted octanol–water partition coefficient (Wildman–Crippen LogP) is 3.32. The second kappa shape index (κ2) is 9.09. The van der Waals surface area contributed by atoms with Crippen molar-refractivity contribution in [1.82, 2.24) is 4.98 Å². The van der Waals surface area contributed by atoms with Crippen LogP contribution in [0.4, 0.5) is 14.5 Å². The number of halogens is 2. The summed E-state index contributed by atoms with van der Waals surface area (Å²) in [6, 6.07) is 5.46. The van der Waals surface area contributed by atoms with Crippen molar-refractivity contribution in [3.05, 3.63) is 53.4 Å². The number of benzene rings is 1. The van der Waals surface area contributed by atoms with Gasteiger partial charge in [-0.1, -0.05) is 13.0 Å². The Hall–Kier alpha value is -2.62. The first kappa shape index (κ1) is 24.0. The average molecular weight is 450 g/mol. The van der Waals surface area contributed by atoms with Crippen LogP contribution in [0.1, 0.15) is 51.0 Å². The second-order valence-corrected chi connectivity index (χ2v) is 8.59. The highest BCUT2D eigenvalue weighted by Crippen LogP contribution is 2.49. The molecule has 0 spiro atoms. The standard InChI is InChI=1S/C23H28F2N2O5/c1-11-17(14-7-8-15(24)18(25)20(14)31-5)21(32-23(11,3)4)22(30)27-13-6-9-16(26-10-13)19(29)12(2)28/h6-12,17,19,21,28-29H,1-5H3,(H,27,30)/t11-,12-,17-,19+,21+/m0/s1. The number of nitrogens with one attached hydrogen (secondary N) is 1. The van der Waals surface area contributed by atoms with Crippen LogP contribution >= 0.6 is 0 Å². The number of carbonyl (C=O) groups is 1. The minimum absolute atomic E-state index is 0.223. The molecule has 0 radical (unpaired) electrons. The molecule has 1 aromatic carbocycles. The van der Waals surface area contributed by atoms with Crippen LogP contribution in [0.25, 0.3) is 0 Å². The van der Waals surface area contributed by atoms with Crippen LogP contribution in [-0.2, 0) is 9.53 Å². The van der Waals surface area contributed by atoms with E-state index in [-0.39, 0.29) is 17.4 Å². The number of hydrogen-bond donors (Lipinski definition) is 3. The molecule has 174 valence electrons. The summed E-state index contributed by atoms with van der Waals surface area (Å²) >= 11 is 0. The molecule has 7 nitrogen and oxygen atoms in total. The van der Waals surface area contributed by atoms with E-state index < -0.39 is 47.4 Å². The second-order valence-electron chi connectivity index (χ2n) is 8.59. The number of aliphatic hydroxyl groups excluding tert-OH is 2. The number of anilines is 1. The van der Waals surface area contributed by atoms with Gasteiger partial charge >= 0.3 is 0 Å². The molecular weight excluding hydrogens is 422 g/mol. The first-order valence-corrected chi connectivity index (χ1v) is 10.3. The molecule has 1 saturated heterocycles. The van der Waals surface area contributed by atoms with Gasteiger partial charge in [0.05, 0.1) is 36.4 Å². The highest BCUT2D eigenvalue weighted by atomic mass is 19.2. The largest absolute Gasteiger partial charge is 0.493 e. The lowest BCUT2D eigenvalue weighted by molar-refractivity contribution is -0.131. The van der Waals surface area contributed by atoms with Crippen molar-refractivity contribution >= 4 is 11.6 Å². The van der Waals surface area contributed by atoms with Crippen molar-refractivity contribution < 1.29 is 33.3 Å². The minimum atomic E-state index is -1.15. The Bertz CT molecular complexity index is 981. The van der Waals surface area contributed by atoms with Crippen LogP contribution in [0.2, 0.25) is 0 Å². The summed E-state index contributed by atoms with van der Waals surface area (Å²) in [4.78, 5) is 17.2. The lowest BCUT2D eigenvalue weighted by Gasteiger charge is -2.25. The van der Waals surface area contributed by atoms with E-state index >= 15 is 0 Å². The number of hydrogen-bond acceptors (Lipinski definition) is 6. The predicted molar refractivity (Wildman–Crippen MR) is 113 cm³/mol. The summed E-state index contributed by atoms with van der Waals surface area (Å²) in [5.74, 6) is -3.71. The summed E-state index contributed by atoms with van der Waals surface area (Å²) in [5, 5.41) is 22.1. The molecule has 1 aromatic heterocycles. The molecule has 0 bridgehead atoms. The summed E-state index contributed by atoms with van der Waals surface area (Å²) in [5.41, 5.74) is 0.243. The van der Waals surface area contributed by atoms with Gasteiger partial charge < -0.3 is 25.0 Å². The number of ether oxygens (including phenoxy) is 2. The number of aliphatic hydroxyl groups is 2. The van der Waals surface area contributed by atoms with Crippen LogP contribution in [0.5, 0.6) is 5.75 Å². The number of aromatic nitrogens is 1. The van der Waals surface area contributed by atoms with Crippen LogP contribution in [0.3, 0.4) is 0 Å². The quantitative estimate of drug-likeness (QED) is 0.624. The molecule has 1 amide bonds. The number of carbonyl (C=O) groups excluding carboxylic acids is 1. The normalized spacial score (nSPS) is 24.1. The summed E-state index contributed by atoms with van der Waals surface area (Å²) < 4.78 is 39.3. The maximum absolute atomic E-state index is 14.4. The molecular formula is C23H28F2N2O5. The molecule has 3 rings (SSSR count). The summed E-state index contributed by atoms with van der Waals surface area (Å²) in [6.45, 7) is 6.98. The van der Waals surface area contributed by atoms with Gasteiger partial charge in [0.25, 0.3) is 5.91 Å². The molecule has 1 aliphatic rings. The molecule has 0 aliphatic carbocycles. The van der Waals surface area contributed by atoms with E-state index in [1.807, 2.05) is 20.8 Å². The number of pyridine rings is 1. The number of nitrogens with zero attached hydrogens (tertiary/aromatic N) is 1. The van der Waals surface area contributed by atoms with E-state index in [4.69, 9.17) is 9.47 Å². The van der Waals surface area contributed by atoms with E-state index in [9.17, 15) is 23.8 Å². The molecule has 1 aliphatic heterocycles. The summed E-state index contributed by atoms with van der Waals surface area (Å²) in [6.07, 6.45) is -1.79. The zero-order valence-electron chi connectivity index (χ0n) is 18.6. The Kier molecular flexibility index (Phi) is 6.83. The van der Waals surface area contributed by atoms with Crippen molar-refractivity contribution in [2.24, 2.45) is 5.92 Å². The Morgan fingerprint density at radius 2 is 1.94 bits per heavy atom. The van der Waals surface area contributed by atoms with Gasteiger partial charge in [-0.3, -0.25) is 9.78 Å². The molecule has 5 atom stereocenters. The monoisotopic (exact) mass is 450 g/mol. The fourth-order valence-corrected chi connectivity index (χ4v) is 3.98. The first-order chi connectivity index (χ1) is 15.0. The van der Waals surface area contributed by atoms with E-state index in [0.29, 0.717) is 11.3 Å². The maximum Gasteiger partial charge on any atom is 0.254 e. The van der Waals surface area contributed by atoms with E-state index in [1.54, 1.807) is 6.07 Å². The van der Waals surface area contributed by atoms with Crippen LogP contribution in [0, 0.1) is 17.6 Å². The smallest absolute Gasteiger partial charge is 0.254 e. The van der Waals surface area contributed by atoms with Gasteiger partial charge in [0.2, 0.25) is 5.82 Å². The lowest BCUT2D eigenvalue weighted by atomic mass is 9.78. The van der Waals surface area contributed by atoms with Crippen LogP contribution in [-0.4, -0.2) is 46.0 Å². The Morgan fingerprint density at radius 3 is 2.50 bits per heavy atom. The molecule has 0 unspecified atom stereocenters. The van der Waals surface area contributed by atoms with Gasteiger partial charge in [-0.05, 0) is 44.9 Å². The maximum atomic E-state index is 14.4. The molecule has 1 fully saturated rings. The Labute approximate surface area is 185 Å². The van der Waals surface area contributed by atoms with Crippen molar-refractivity contribution in [3.8, 4) is 5.75 Å². The Balaban J connectivity index is 1.90. The molecule has 0 saturated carbocycles. The number of methoxy groups -OCH3 is 1. The van der Waals surface area contributed by atoms with E-state index in [2.05, 4.69) is 10.3 Å². The van der Waals surface area contributed by atoms with Gasteiger partial charge in [-0.2, -0.15) is 4.39 Å². The van der Waals surface area contributed by atoms with E-state index in [0.717, 1.165) is 6.07 Å².